The largest absolute Gasteiger partial charge is 0.497 e. The number of rotatable bonds is 4. The molecule has 0 aliphatic carbocycles. The Morgan fingerprint density at radius 1 is 1.13 bits per heavy atom. The van der Waals surface area contributed by atoms with Crippen LogP contribution in [0.2, 0.25) is 0 Å². The fraction of sp³-hybridized carbons (Fsp3) is 0.111. The van der Waals surface area contributed by atoms with Crippen LogP contribution < -0.4 is 15.8 Å². The lowest BCUT2D eigenvalue weighted by atomic mass is 10.2. The SMILES string of the molecule is COc1cccc(NC(N)=NCc2ccc3ccccc3n2)c1. The Hall–Kier alpha value is -3.08. The number of aromatic nitrogens is 1. The summed E-state index contributed by atoms with van der Waals surface area (Å²) in [6, 6.07) is 19.5. The molecule has 0 aliphatic rings. The van der Waals surface area contributed by atoms with Gasteiger partial charge in [-0.05, 0) is 24.3 Å². The van der Waals surface area contributed by atoms with Gasteiger partial charge in [0.25, 0.3) is 0 Å². The summed E-state index contributed by atoms with van der Waals surface area (Å²) >= 11 is 0. The molecule has 0 radical (unpaired) electrons. The van der Waals surface area contributed by atoms with E-state index in [0.717, 1.165) is 28.0 Å². The standard InChI is InChI=1S/C18H18N4O/c1-23-16-7-4-6-14(11-16)22-18(19)20-12-15-10-9-13-5-2-3-8-17(13)21-15/h2-11H,12H2,1H3,(H3,19,20,22). The lowest BCUT2D eigenvalue weighted by Crippen LogP contribution is -2.22. The van der Waals surface area contributed by atoms with E-state index in [1.807, 2.05) is 60.7 Å². The van der Waals surface area contributed by atoms with Crippen LogP contribution in [0.1, 0.15) is 5.69 Å². The number of ether oxygens (including phenoxy) is 1. The number of aliphatic imine (C=N–C) groups is 1. The highest BCUT2D eigenvalue weighted by Gasteiger charge is 2.00. The van der Waals surface area contributed by atoms with Gasteiger partial charge in [-0.1, -0.05) is 30.3 Å². The Labute approximate surface area is 134 Å². The Kier molecular flexibility index (Phi) is 4.38. The average Bonchev–Trinajstić information content (AvgIpc) is 2.60. The molecule has 3 rings (SSSR count). The Bertz CT molecular complexity index is 845. The van der Waals surface area contributed by atoms with Gasteiger partial charge >= 0.3 is 0 Å². The maximum atomic E-state index is 5.93. The molecule has 0 unspecified atom stereocenters. The highest BCUT2D eigenvalue weighted by molar-refractivity contribution is 5.92. The molecule has 0 fully saturated rings. The molecular formula is C18H18N4O. The van der Waals surface area contributed by atoms with Crippen LogP contribution in [-0.2, 0) is 6.54 Å². The van der Waals surface area contributed by atoms with Gasteiger partial charge in [0.1, 0.15) is 5.75 Å². The number of hydrogen-bond acceptors (Lipinski definition) is 3. The first-order valence-electron chi connectivity index (χ1n) is 7.30. The van der Waals surface area contributed by atoms with Crippen molar-refractivity contribution in [2.24, 2.45) is 10.7 Å². The summed E-state index contributed by atoms with van der Waals surface area (Å²) in [7, 11) is 1.63. The molecule has 0 saturated carbocycles. The van der Waals surface area contributed by atoms with Gasteiger partial charge in [-0.25, -0.2) is 4.99 Å². The van der Waals surface area contributed by atoms with E-state index in [0.29, 0.717) is 12.5 Å². The van der Waals surface area contributed by atoms with Gasteiger partial charge in [-0.3, -0.25) is 4.98 Å². The number of methoxy groups -OCH3 is 1. The lowest BCUT2D eigenvalue weighted by molar-refractivity contribution is 0.415. The average molecular weight is 306 g/mol. The van der Waals surface area contributed by atoms with E-state index in [1.54, 1.807) is 7.11 Å². The predicted octanol–water partition coefficient (Wildman–Crippen LogP) is 3.17. The second-order valence-corrected chi connectivity index (χ2v) is 5.05. The quantitative estimate of drug-likeness (QED) is 0.573. The molecule has 0 spiro atoms. The van der Waals surface area contributed by atoms with Crippen LogP contribution >= 0.6 is 0 Å². The van der Waals surface area contributed by atoms with Crippen molar-refractivity contribution in [3.8, 4) is 5.75 Å². The van der Waals surface area contributed by atoms with E-state index in [2.05, 4.69) is 15.3 Å². The maximum absolute atomic E-state index is 5.93. The van der Waals surface area contributed by atoms with E-state index in [9.17, 15) is 0 Å². The fourth-order valence-electron chi connectivity index (χ4n) is 2.25. The molecule has 5 heteroatoms. The highest BCUT2D eigenvalue weighted by atomic mass is 16.5. The molecule has 2 aromatic carbocycles. The van der Waals surface area contributed by atoms with Gasteiger partial charge in [0.2, 0.25) is 0 Å². The molecule has 0 bridgehead atoms. The third-order valence-corrected chi connectivity index (χ3v) is 3.41. The van der Waals surface area contributed by atoms with E-state index < -0.39 is 0 Å². The fourth-order valence-corrected chi connectivity index (χ4v) is 2.25. The summed E-state index contributed by atoms with van der Waals surface area (Å²) in [5, 5.41) is 4.16. The van der Waals surface area contributed by atoms with Gasteiger partial charge in [-0.2, -0.15) is 0 Å². The van der Waals surface area contributed by atoms with Crippen LogP contribution in [0.15, 0.2) is 65.7 Å². The lowest BCUT2D eigenvalue weighted by Gasteiger charge is -2.07. The van der Waals surface area contributed by atoms with Gasteiger partial charge in [0.05, 0.1) is 24.9 Å². The molecule has 3 N–H and O–H groups in total. The van der Waals surface area contributed by atoms with Gasteiger partial charge in [-0.15, -0.1) is 0 Å². The second kappa shape index (κ2) is 6.79. The summed E-state index contributed by atoms with van der Waals surface area (Å²) in [4.78, 5) is 8.90. The number of benzene rings is 2. The van der Waals surface area contributed by atoms with Gasteiger partial charge in [0, 0.05) is 17.1 Å². The first kappa shape index (κ1) is 14.8. The number of anilines is 1. The summed E-state index contributed by atoms with van der Waals surface area (Å²) in [6.45, 7) is 0.424. The van der Waals surface area contributed by atoms with Crippen molar-refractivity contribution in [1.29, 1.82) is 0 Å². The number of nitrogens with zero attached hydrogens (tertiary/aromatic N) is 2. The number of para-hydroxylation sites is 1. The third-order valence-electron chi connectivity index (χ3n) is 3.41. The molecule has 23 heavy (non-hydrogen) atoms. The van der Waals surface area contributed by atoms with E-state index >= 15 is 0 Å². The van der Waals surface area contributed by atoms with Crippen LogP contribution in [0.5, 0.6) is 5.75 Å². The van der Waals surface area contributed by atoms with Crippen LogP contribution in [-0.4, -0.2) is 18.1 Å². The molecule has 116 valence electrons. The molecule has 0 atom stereocenters. The summed E-state index contributed by atoms with van der Waals surface area (Å²) in [5.41, 5.74) is 8.59. The number of pyridine rings is 1. The highest BCUT2D eigenvalue weighted by Crippen LogP contribution is 2.16. The minimum Gasteiger partial charge on any atom is -0.497 e. The van der Waals surface area contributed by atoms with Gasteiger partial charge in [0.15, 0.2) is 5.96 Å². The van der Waals surface area contributed by atoms with Crippen molar-refractivity contribution >= 4 is 22.5 Å². The maximum Gasteiger partial charge on any atom is 0.193 e. The molecule has 1 aromatic heterocycles. The van der Waals surface area contributed by atoms with E-state index in [-0.39, 0.29) is 0 Å². The van der Waals surface area contributed by atoms with Gasteiger partial charge < -0.3 is 15.8 Å². The van der Waals surface area contributed by atoms with E-state index in [4.69, 9.17) is 10.5 Å². The zero-order chi connectivity index (χ0) is 16.1. The predicted molar refractivity (Wildman–Crippen MR) is 93.7 cm³/mol. The van der Waals surface area contributed by atoms with Crippen LogP contribution in [0.25, 0.3) is 10.9 Å². The zero-order valence-corrected chi connectivity index (χ0v) is 12.9. The van der Waals surface area contributed by atoms with Crippen molar-refractivity contribution in [2.45, 2.75) is 6.54 Å². The first-order valence-corrected chi connectivity index (χ1v) is 7.30. The number of nitrogens with two attached hydrogens (primary N) is 1. The minimum atomic E-state index is 0.341. The zero-order valence-electron chi connectivity index (χ0n) is 12.9. The van der Waals surface area contributed by atoms with Crippen LogP contribution in [0, 0.1) is 0 Å². The van der Waals surface area contributed by atoms with Crippen LogP contribution in [0.4, 0.5) is 5.69 Å². The van der Waals surface area contributed by atoms with Crippen molar-refractivity contribution < 1.29 is 4.74 Å². The van der Waals surface area contributed by atoms with E-state index in [1.165, 1.54) is 0 Å². The molecule has 0 amide bonds. The summed E-state index contributed by atoms with van der Waals surface area (Å²) in [6.07, 6.45) is 0. The Morgan fingerprint density at radius 2 is 2.00 bits per heavy atom. The monoisotopic (exact) mass is 306 g/mol. The molecule has 1 heterocycles. The van der Waals surface area contributed by atoms with Crippen molar-refractivity contribution in [3.63, 3.8) is 0 Å². The smallest absolute Gasteiger partial charge is 0.193 e. The van der Waals surface area contributed by atoms with Crippen molar-refractivity contribution in [3.05, 3.63) is 66.4 Å². The molecule has 5 nitrogen and oxygen atoms in total. The minimum absolute atomic E-state index is 0.341. The summed E-state index contributed by atoms with van der Waals surface area (Å²) < 4.78 is 5.18. The number of fused-ring (bicyclic) bond motifs is 1. The molecule has 0 aliphatic heterocycles. The molecular weight excluding hydrogens is 288 g/mol. The number of guanidine groups is 1. The second-order valence-electron chi connectivity index (χ2n) is 5.05. The molecule has 0 saturated heterocycles. The van der Waals surface area contributed by atoms with Crippen molar-refractivity contribution in [2.75, 3.05) is 12.4 Å². The third kappa shape index (κ3) is 3.77. The topological polar surface area (TPSA) is 72.5 Å². The first-order chi connectivity index (χ1) is 11.2. The summed E-state index contributed by atoms with van der Waals surface area (Å²) in [5.74, 6) is 1.10. The Balaban J connectivity index is 1.70. The molecule has 3 aromatic rings. The number of hydrogen-bond donors (Lipinski definition) is 2. The normalized spacial score (nSPS) is 11.4. The number of nitrogens with one attached hydrogen (secondary N) is 1. The van der Waals surface area contributed by atoms with Crippen LogP contribution in [0.3, 0.4) is 0 Å². The van der Waals surface area contributed by atoms with Crippen molar-refractivity contribution in [1.82, 2.24) is 4.98 Å². The Morgan fingerprint density at radius 3 is 2.87 bits per heavy atom.